The Bertz CT molecular complexity index is 361. The Kier molecular flexibility index (Phi) is 4.15. The van der Waals surface area contributed by atoms with Crippen molar-refractivity contribution in [2.45, 2.75) is 32.6 Å². The van der Waals surface area contributed by atoms with E-state index in [-0.39, 0.29) is 6.42 Å². The average molecular weight is 231 g/mol. The van der Waals surface area contributed by atoms with E-state index in [9.17, 15) is 4.79 Å². The molecule has 1 rings (SSSR count). The molecule has 0 bridgehead atoms. The fourth-order valence-corrected chi connectivity index (χ4v) is 1.65. The number of hydrogen-bond acceptors (Lipinski definition) is 2. The quantitative estimate of drug-likeness (QED) is 0.842. The molecule has 0 amide bonds. The molecule has 0 fully saturated rings. The van der Waals surface area contributed by atoms with Crippen LogP contribution in [0.3, 0.4) is 0 Å². The lowest BCUT2D eigenvalue weighted by Gasteiger charge is -1.98. The maximum atomic E-state index is 10.4. The van der Waals surface area contributed by atoms with E-state index in [2.05, 4.69) is 11.9 Å². The van der Waals surface area contributed by atoms with Crippen molar-refractivity contribution in [2.24, 2.45) is 7.05 Å². The van der Waals surface area contributed by atoms with E-state index in [1.54, 1.807) is 0 Å². The second-order valence-corrected chi connectivity index (χ2v) is 3.83. The molecule has 0 unspecified atom stereocenters. The smallest absolute Gasteiger partial charge is 0.303 e. The Hall–Kier alpha value is -1.03. The number of hydrogen-bond donors (Lipinski definition) is 1. The van der Waals surface area contributed by atoms with Gasteiger partial charge in [0.1, 0.15) is 11.0 Å². The molecule has 84 valence electrons. The molecule has 0 aromatic carbocycles. The van der Waals surface area contributed by atoms with Crippen LogP contribution >= 0.6 is 11.6 Å². The van der Waals surface area contributed by atoms with Gasteiger partial charge >= 0.3 is 5.97 Å². The maximum absolute atomic E-state index is 10.4. The van der Waals surface area contributed by atoms with Gasteiger partial charge in [-0.15, -0.1) is 0 Å². The van der Waals surface area contributed by atoms with Crippen molar-refractivity contribution in [3.05, 3.63) is 16.7 Å². The third kappa shape index (κ3) is 2.96. The van der Waals surface area contributed by atoms with Gasteiger partial charge in [-0.1, -0.05) is 18.5 Å². The molecule has 0 aliphatic carbocycles. The topological polar surface area (TPSA) is 55.1 Å². The summed E-state index contributed by atoms with van der Waals surface area (Å²) in [6, 6.07) is 0. The van der Waals surface area contributed by atoms with Crippen molar-refractivity contribution in [1.82, 2.24) is 9.55 Å². The third-order valence-electron chi connectivity index (χ3n) is 2.23. The molecule has 15 heavy (non-hydrogen) atoms. The first-order valence-corrected chi connectivity index (χ1v) is 5.35. The van der Waals surface area contributed by atoms with Gasteiger partial charge in [-0.3, -0.25) is 4.79 Å². The lowest BCUT2D eigenvalue weighted by Crippen LogP contribution is -1.98. The highest BCUT2D eigenvalue weighted by molar-refractivity contribution is 6.30. The SMILES string of the molecule is CCCc1nc(CCC(=O)O)c(Cl)n1C. The largest absolute Gasteiger partial charge is 0.481 e. The standard InChI is InChI=1S/C10H15ClN2O2/c1-3-4-8-12-7(5-6-9(14)15)10(11)13(8)2/h3-6H2,1-2H3,(H,14,15). The molecule has 0 saturated heterocycles. The van der Waals surface area contributed by atoms with Crippen LogP contribution in [-0.4, -0.2) is 20.6 Å². The molecule has 1 aromatic rings. The molecule has 1 heterocycles. The second-order valence-electron chi connectivity index (χ2n) is 3.47. The van der Waals surface area contributed by atoms with E-state index in [1.807, 2.05) is 11.6 Å². The van der Waals surface area contributed by atoms with Crippen molar-refractivity contribution in [3.63, 3.8) is 0 Å². The number of imidazole rings is 1. The van der Waals surface area contributed by atoms with Gasteiger partial charge in [-0.05, 0) is 6.42 Å². The molecular weight excluding hydrogens is 216 g/mol. The van der Waals surface area contributed by atoms with Crippen molar-refractivity contribution in [2.75, 3.05) is 0 Å². The molecule has 0 aliphatic heterocycles. The first-order chi connectivity index (χ1) is 7.06. The number of aliphatic carboxylic acids is 1. The summed E-state index contributed by atoms with van der Waals surface area (Å²) in [4.78, 5) is 14.8. The Balaban J connectivity index is 2.80. The predicted molar refractivity (Wildman–Crippen MR) is 58.2 cm³/mol. The van der Waals surface area contributed by atoms with Gasteiger partial charge < -0.3 is 9.67 Å². The molecule has 0 saturated carbocycles. The van der Waals surface area contributed by atoms with Gasteiger partial charge in [0, 0.05) is 19.9 Å². The van der Waals surface area contributed by atoms with E-state index in [0.717, 1.165) is 18.7 Å². The molecule has 0 atom stereocenters. The zero-order valence-corrected chi connectivity index (χ0v) is 9.71. The fraction of sp³-hybridized carbons (Fsp3) is 0.600. The highest BCUT2D eigenvalue weighted by Gasteiger charge is 2.12. The summed E-state index contributed by atoms with van der Waals surface area (Å²) >= 11 is 6.04. The van der Waals surface area contributed by atoms with Gasteiger partial charge in [0.25, 0.3) is 0 Å². The van der Waals surface area contributed by atoms with Crippen LogP contribution in [-0.2, 0) is 24.7 Å². The summed E-state index contributed by atoms with van der Waals surface area (Å²) in [5.74, 6) is 0.0941. The van der Waals surface area contributed by atoms with Gasteiger partial charge in [0.05, 0.1) is 12.1 Å². The van der Waals surface area contributed by atoms with Gasteiger partial charge in [-0.2, -0.15) is 0 Å². The summed E-state index contributed by atoms with van der Waals surface area (Å²) < 4.78 is 1.82. The van der Waals surface area contributed by atoms with Crippen molar-refractivity contribution < 1.29 is 9.90 Å². The van der Waals surface area contributed by atoms with Crippen LogP contribution in [0.5, 0.6) is 0 Å². The lowest BCUT2D eigenvalue weighted by molar-refractivity contribution is -0.136. The minimum absolute atomic E-state index is 0.0717. The molecule has 4 nitrogen and oxygen atoms in total. The van der Waals surface area contributed by atoms with Gasteiger partial charge in [-0.25, -0.2) is 4.98 Å². The van der Waals surface area contributed by atoms with Gasteiger partial charge in [0.15, 0.2) is 0 Å². The summed E-state index contributed by atoms with van der Waals surface area (Å²) in [6.45, 7) is 2.07. The first-order valence-electron chi connectivity index (χ1n) is 4.98. The average Bonchev–Trinajstić information content (AvgIpc) is 2.44. The summed E-state index contributed by atoms with van der Waals surface area (Å²) in [5, 5.41) is 9.12. The fourth-order valence-electron chi connectivity index (χ4n) is 1.42. The number of halogens is 1. The van der Waals surface area contributed by atoms with Gasteiger partial charge in [0.2, 0.25) is 0 Å². The molecule has 5 heteroatoms. The number of carboxylic acids is 1. The number of nitrogens with zero attached hydrogens (tertiary/aromatic N) is 2. The molecule has 1 aromatic heterocycles. The first kappa shape index (κ1) is 12.0. The minimum Gasteiger partial charge on any atom is -0.481 e. The lowest BCUT2D eigenvalue weighted by atomic mass is 10.2. The second kappa shape index (κ2) is 5.16. The van der Waals surface area contributed by atoms with Crippen LogP contribution in [0.1, 0.15) is 31.3 Å². The van der Waals surface area contributed by atoms with Crippen molar-refractivity contribution >= 4 is 17.6 Å². The van der Waals surface area contributed by atoms with Crippen molar-refractivity contribution in [1.29, 1.82) is 0 Å². The molecule has 0 radical (unpaired) electrons. The number of carbonyl (C=O) groups is 1. The van der Waals surface area contributed by atoms with E-state index < -0.39 is 5.97 Å². The monoisotopic (exact) mass is 230 g/mol. The molecular formula is C10H15ClN2O2. The number of aromatic nitrogens is 2. The van der Waals surface area contributed by atoms with Crippen molar-refractivity contribution in [3.8, 4) is 0 Å². The Labute approximate surface area is 93.9 Å². The van der Waals surface area contributed by atoms with Crippen LogP contribution in [0.25, 0.3) is 0 Å². The minimum atomic E-state index is -0.825. The Morgan fingerprint density at radius 1 is 1.53 bits per heavy atom. The number of rotatable bonds is 5. The van der Waals surface area contributed by atoms with E-state index in [0.29, 0.717) is 17.3 Å². The van der Waals surface area contributed by atoms with Crippen LogP contribution in [0.2, 0.25) is 5.15 Å². The highest BCUT2D eigenvalue weighted by Crippen LogP contribution is 2.18. The zero-order chi connectivity index (χ0) is 11.4. The van der Waals surface area contributed by atoms with E-state index in [1.165, 1.54) is 0 Å². The highest BCUT2D eigenvalue weighted by atomic mass is 35.5. The van der Waals surface area contributed by atoms with Crippen LogP contribution in [0.15, 0.2) is 0 Å². The zero-order valence-electron chi connectivity index (χ0n) is 8.96. The Morgan fingerprint density at radius 3 is 2.73 bits per heavy atom. The van der Waals surface area contributed by atoms with E-state index >= 15 is 0 Å². The summed E-state index contributed by atoms with van der Waals surface area (Å²) in [6.07, 6.45) is 2.33. The molecule has 0 spiro atoms. The predicted octanol–water partition coefficient (Wildman–Crippen LogP) is 2.04. The number of carboxylic acid groups (broad SMARTS) is 1. The summed E-state index contributed by atoms with van der Waals surface area (Å²) in [5.41, 5.74) is 0.685. The molecule has 0 aliphatic rings. The van der Waals surface area contributed by atoms with Crippen LogP contribution in [0, 0.1) is 0 Å². The third-order valence-corrected chi connectivity index (χ3v) is 2.70. The number of aryl methyl sites for hydroxylation is 2. The van der Waals surface area contributed by atoms with E-state index in [4.69, 9.17) is 16.7 Å². The molecule has 1 N–H and O–H groups in total. The normalized spacial score (nSPS) is 10.6. The Morgan fingerprint density at radius 2 is 2.20 bits per heavy atom. The maximum Gasteiger partial charge on any atom is 0.303 e. The summed E-state index contributed by atoms with van der Waals surface area (Å²) in [7, 11) is 1.85. The van der Waals surface area contributed by atoms with Crippen LogP contribution in [0.4, 0.5) is 0 Å². The van der Waals surface area contributed by atoms with Crippen LogP contribution < -0.4 is 0 Å².